The summed E-state index contributed by atoms with van der Waals surface area (Å²) in [5, 5.41) is 9.31. The Kier molecular flexibility index (Phi) is 1.13. The van der Waals surface area contributed by atoms with E-state index in [9.17, 15) is 9.90 Å². The average molecular weight is 172 g/mol. The molecule has 3 saturated heterocycles. The van der Waals surface area contributed by atoms with E-state index in [0.717, 1.165) is 0 Å². The number of aliphatic hydroxyl groups is 1. The summed E-state index contributed by atoms with van der Waals surface area (Å²) in [7, 11) is 0. The Labute approximate surface area is 68.2 Å². The highest BCUT2D eigenvalue weighted by molar-refractivity contribution is 5.78. The largest absolute Gasteiger partial charge is 0.455 e. The number of aliphatic hydroxyl groups excluding tert-OH is 1. The Morgan fingerprint density at radius 1 is 1.42 bits per heavy atom. The highest BCUT2D eigenvalue weighted by atomic mass is 16.8. The van der Waals surface area contributed by atoms with E-state index in [4.69, 9.17) is 14.2 Å². The molecule has 0 radical (unpaired) electrons. The van der Waals surface area contributed by atoms with E-state index >= 15 is 0 Å². The summed E-state index contributed by atoms with van der Waals surface area (Å²) in [5.74, 6) is -0.374. The van der Waals surface area contributed by atoms with Crippen molar-refractivity contribution >= 4 is 5.97 Å². The third-order valence-corrected chi connectivity index (χ3v) is 2.63. The minimum Gasteiger partial charge on any atom is -0.455 e. The van der Waals surface area contributed by atoms with Gasteiger partial charge < -0.3 is 19.3 Å². The summed E-state index contributed by atoms with van der Waals surface area (Å²) in [6.45, 7) is 0. The second-order valence-electron chi connectivity index (χ2n) is 3.31. The van der Waals surface area contributed by atoms with Gasteiger partial charge >= 0.3 is 5.97 Å². The Hall–Kier alpha value is -0.650. The molecule has 2 bridgehead atoms. The standard InChI is InChI=1S/C7H8O5/c8-6-5-2-1-3(11-6)10-4(2)7(9)12-5/h2-6,8H,1H2/t2-,3+,4+,5+,6+/m0/s1. The summed E-state index contributed by atoms with van der Waals surface area (Å²) in [5.41, 5.74) is 0. The molecule has 0 aromatic rings. The molecule has 0 aliphatic carbocycles. The number of carbonyl (C=O) groups is 1. The van der Waals surface area contributed by atoms with E-state index < -0.39 is 24.8 Å². The van der Waals surface area contributed by atoms with E-state index in [1.807, 2.05) is 0 Å². The van der Waals surface area contributed by atoms with Crippen molar-refractivity contribution in [3.05, 3.63) is 0 Å². The number of hydrogen-bond acceptors (Lipinski definition) is 5. The van der Waals surface area contributed by atoms with Gasteiger partial charge in [0, 0.05) is 12.3 Å². The van der Waals surface area contributed by atoms with Crippen LogP contribution in [0.15, 0.2) is 0 Å². The zero-order chi connectivity index (χ0) is 8.29. The molecule has 3 heterocycles. The van der Waals surface area contributed by atoms with Gasteiger partial charge in [-0.15, -0.1) is 0 Å². The van der Waals surface area contributed by atoms with Crippen LogP contribution in [0.1, 0.15) is 6.42 Å². The minimum absolute atomic E-state index is 0.00810. The molecule has 0 amide bonds. The normalized spacial score (nSPS) is 55.8. The van der Waals surface area contributed by atoms with E-state index in [0.29, 0.717) is 6.42 Å². The molecule has 3 aliphatic rings. The lowest BCUT2D eigenvalue weighted by molar-refractivity contribution is -0.269. The highest BCUT2D eigenvalue weighted by Crippen LogP contribution is 2.43. The lowest BCUT2D eigenvalue weighted by atomic mass is 9.95. The maximum atomic E-state index is 11.1. The van der Waals surface area contributed by atoms with Crippen LogP contribution in [0, 0.1) is 5.92 Å². The van der Waals surface area contributed by atoms with Crippen molar-refractivity contribution in [1.29, 1.82) is 0 Å². The lowest BCUT2D eigenvalue weighted by Crippen LogP contribution is -2.40. The van der Waals surface area contributed by atoms with Crippen LogP contribution in [0.4, 0.5) is 0 Å². The van der Waals surface area contributed by atoms with Crippen LogP contribution >= 0.6 is 0 Å². The van der Waals surface area contributed by atoms with Crippen molar-refractivity contribution in [1.82, 2.24) is 0 Å². The first kappa shape index (κ1) is 6.82. The molecule has 5 heteroatoms. The minimum atomic E-state index is -1.01. The van der Waals surface area contributed by atoms with Crippen molar-refractivity contribution < 1.29 is 24.1 Å². The van der Waals surface area contributed by atoms with E-state index in [1.54, 1.807) is 0 Å². The molecule has 0 aromatic carbocycles. The Balaban J connectivity index is 1.98. The van der Waals surface area contributed by atoms with Crippen molar-refractivity contribution in [3.8, 4) is 0 Å². The van der Waals surface area contributed by atoms with Gasteiger partial charge in [0.25, 0.3) is 0 Å². The van der Waals surface area contributed by atoms with Crippen LogP contribution in [-0.4, -0.2) is 35.9 Å². The third-order valence-electron chi connectivity index (χ3n) is 2.63. The molecule has 12 heavy (non-hydrogen) atoms. The van der Waals surface area contributed by atoms with Gasteiger partial charge in [0.1, 0.15) is 0 Å². The molecule has 0 spiro atoms. The fourth-order valence-electron chi connectivity index (χ4n) is 2.08. The van der Waals surface area contributed by atoms with Crippen molar-refractivity contribution in [3.63, 3.8) is 0 Å². The number of hydrogen-bond donors (Lipinski definition) is 1. The van der Waals surface area contributed by atoms with Gasteiger partial charge in [-0.2, -0.15) is 0 Å². The maximum Gasteiger partial charge on any atom is 0.336 e. The van der Waals surface area contributed by atoms with Gasteiger partial charge in [0.2, 0.25) is 0 Å². The number of fused-ring (bicyclic) bond motifs is 1. The first-order valence-electron chi connectivity index (χ1n) is 3.95. The van der Waals surface area contributed by atoms with Crippen LogP contribution in [0.2, 0.25) is 0 Å². The molecule has 3 aliphatic heterocycles. The summed E-state index contributed by atoms with van der Waals surface area (Å²) < 4.78 is 15.1. The Morgan fingerprint density at radius 3 is 3.08 bits per heavy atom. The number of carbonyl (C=O) groups excluding carboxylic acids is 1. The van der Waals surface area contributed by atoms with Gasteiger partial charge in [0.15, 0.2) is 24.8 Å². The van der Waals surface area contributed by atoms with Gasteiger partial charge in [-0.05, 0) is 0 Å². The molecule has 5 atom stereocenters. The van der Waals surface area contributed by atoms with E-state index in [-0.39, 0.29) is 11.9 Å². The molecule has 1 N–H and O–H groups in total. The molecule has 5 nitrogen and oxygen atoms in total. The fourth-order valence-corrected chi connectivity index (χ4v) is 2.08. The van der Waals surface area contributed by atoms with Crippen LogP contribution in [0.25, 0.3) is 0 Å². The molecule has 0 saturated carbocycles. The quantitative estimate of drug-likeness (QED) is 0.474. The second kappa shape index (κ2) is 1.99. The lowest BCUT2D eigenvalue weighted by Gasteiger charge is -2.28. The Morgan fingerprint density at radius 2 is 2.25 bits per heavy atom. The van der Waals surface area contributed by atoms with Gasteiger partial charge in [-0.1, -0.05) is 0 Å². The molecular formula is C7H8O5. The van der Waals surface area contributed by atoms with Crippen LogP contribution in [0.5, 0.6) is 0 Å². The molecule has 3 rings (SSSR count). The summed E-state index contributed by atoms with van der Waals surface area (Å²) in [6, 6.07) is 0. The second-order valence-corrected chi connectivity index (χ2v) is 3.31. The number of ether oxygens (including phenoxy) is 3. The highest BCUT2D eigenvalue weighted by Gasteiger charge is 2.59. The molecule has 0 unspecified atom stereocenters. The summed E-state index contributed by atoms with van der Waals surface area (Å²) in [4.78, 5) is 11.1. The first-order valence-corrected chi connectivity index (χ1v) is 3.95. The van der Waals surface area contributed by atoms with Crippen LogP contribution in [-0.2, 0) is 19.0 Å². The average Bonchev–Trinajstić information content (AvgIpc) is 2.48. The van der Waals surface area contributed by atoms with Gasteiger partial charge in [0.05, 0.1) is 0 Å². The Bertz CT molecular complexity index is 240. The molecule has 3 fully saturated rings. The monoisotopic (exact) mass is 172 g/mol. The molecule has 66 valence electrons. The van der Waals surface area contributed by atoms with Crippen molar-refractivity contribution in [2.24, 2.45) is 5.92 Å². The smallest absolute Gasteiger partial charge is 0.336 e. The zero-order valence-corrected chi connectivity index (χ0v) is 6.17. The van der Waals surface area contributed by atoms with Crippen LogP contribution < -0.4 is 0 Å². The predicted octanol–water partition coefficient (Wildman–Crippen LogP) is -1.01. The van der Waals surface area contributed by atoms with E-state index in [1.165, 1.54) is 0 Å². The fraction of sp³-hybridized carbons (Fsp3) is 0.857. The van der Waals surface area contributed by atoms with Crippen molar-refractivity contribution in [2.75, 3.05) is 0 Å². The summed E-state index contributed by atoms with van der Waals surface area (Å²) >= 11 is 0. The molecular weight excluding hydrogens is 164 g/mol. The molecule has 0 aromatic heterocycles. The predicted molar refractivity (Wildman–Crippen MR) is 33.7 cm³/mol. The van der Waals surface area contributed by atoms with Crippen molar-refractivity contribution in [2.45, 2.75) is 31.2 Å². The van der Waals surface area contributed by atoms with Crippen LogP contribution in [0.3, 0.4) is 0 Å². The van der Waals surface area contributed by atoms with Gasteiger partial charge in [-0.3, -0.25) is 0 Å². The summed E-state index contributed by atoms with van der Waals surface area (Å²) in [6.07, 6.45) is -1.79. The topological polar surface area (TPSA) is 65.0 Å². The first-order chi connectivity index (χ1) is 5.75. The zero-order valence-electron chi connectivity index (χ0n) is 6.17. The maximum absolute atomic E-state index is 11.1. The number of esters is 1. The SMILES string of the molecule is O=C1O[C@@H]2[C@H]3C[C@@H](O[C@H]2O)O[C@@H]13. The third kappa shape index (κ3) is 0.663. The van der Waals surface area contributed by atoms with Gasteiger partial charge in [-0.25, -0.2) is 4.79 Å². The number of rotatable bonds is 0. The van der Waals surface area contributed by atoms with E-state index in [2.05, 4.69) is 0 Å².